The second-order valence-corrected chi connectivity index (χ2v) is 3.79. The van der Waals surface area contributed by atoms with Gasteiger partial charge in [-0.05, 0) is 39.3 Å². The van der Waals surface area contributed by atoms with Gasteiger partial charge >= 0.3 is 0 Å². The minimum atomic E-state index is -0.0718. The number of rotatable bonds is 2. The third-order valence-electron chi connectivity index (χ3n) is 2.13. The van der Waals surface area contributed by atoms with Gasteiger partial charge < -0.3 is 5.73 Å². The minimum Gasteiger partial charge on any atom is -0.402 e. The van der Waals surface area contributed by atoms with Crippen LogP contribution in [0.5, 0.6) is 0 Å². The fourth-order valence-corrected chi connectivity index (χ4v) is 1.68. The number of allylic oxidation sites excluding steroid dienone is 2. The van der Waals surface area contributed by atoms with Crippen molar-refractivity contribution in [2.75, 3.05) is 0 Å². The van der Waals surface area contributed by atoms with E-state index in [4.69, 9.17) is 5.73 Å². The van der Waals surface area contributed by atoms with Crippen molar-refractivity contribution < 1.29 is 4.79 Å². The van der Waals surface area contributed by atoms with Gasteiger partial charge in [0.05, 0.1) is 0 Å². The Hall–Kier alpha value is -1.64. The number of aryl methyl sites for hydroxylation is 3. The number of nitrogens with two attached hydrogens (primary N) is 1. The maximum atomic E-state index is 11.8. The number of nitrogens with zero attached hydrogens (tertiary/aromatic N) is 1. The monoisotopic (exact) mass is 204 g/mol. The molecule has 0 aliphatic rings. The van der Waals surface area contributed by atoms with Crippen LogP contribution in [0.1, 0.15) is 34.2 Å². The molecule has 0 bridgehead atoms. The number of carbonyl (C=O) groups excluding carboxylic acids is 1. The number of pyridine rings is 1. The molecule has 0 aliphatic heterocycles. The summed E-state index contributed by atoms with van der Waals surface area (Å²) in [4.78, 5) is 16.1. The second-order valence-electron chi connectivity index (χ2n) is 3.79. The molecule has 0 aromatic carbocycles. The van der Waals surface area contributed by atoms with E-state index in [0.29, 0.717) is 11.3 Å². The first kappa shape index (κ1) is 11.4. The van der Waals surface area contributed by atoms with Crippen molar-refractivity contribution in [1.82, 2.24) is 4.98 Å². The zero-order valence-corrected chi connectivity index (χ0v) is 9.59. The lowest BCUT2D eigenvalue weighted by atomic mass is 10.0. The highest BCUT2D eigenvalue weighted by atomic mass is 16.1. The minimum absolute atomic E-state index is 0.0718. The number of ketones is 1. The van der Waals surface area contributed by atoms with Gasteiger partial charge in [-0.2, -0.15) is 0 Å². The lowest BCUT2D eigenvalue weighted by molar-refractivity contribution is 0.104. The molecule has 0 spiro atoms. The van der Waals surface area contributed by atoms with Gasteiger partial charge in [-0.3, -0.25) is 9.78 Å². The number of hydrogen-bond donors (Lipinski definition) is 1. The zero-order chi connectivity index (χ0) is 11.6. The smallest absolute Gasteiger partial charge is 0.189 e. The van der Waals surface area contributed by atoms with Gasteiger partial charge in [0.1, 0.15) is 0 Å². The van der Waals surface area contributed by atoms with E-state index >= 15 is 0 Å². The summed E-state index contributed by atoms with van der Waals surface area (Å²) in [6, 6.07) is 1.90. The van der Waals surface area contributed by atoms with E-state index in [-0.39, 0.29) is 5.78 Å². The normalized spacial score (nSPS) is 11.6. The van der Waals surface area contributed by atoms with Crippen molar-refractivity contribution in [1.29, 1.82) is 0 Å². The average Bonchev–Trinajstić information content (AvgIpc) is 1.99. The maximum Gasteiger partial charge on any atom is 0.189 e. The summed E-state index contributed by atoms with van der Waals surface area (Å²) in [6.45, 7) is 7.37. The molecule has 0 aliphatic carbocycles. The third-order valence-corrected chi connectivity index (χ3v) is 2.13. The van der Waals surface area contributed by atoms with E-state index in [1.807, 2.05) is 26.8 Å². The molecular formula is C12H16N2O. The standard InChI is InChI=1S/C12H16N2O/c1-7-5-9(3)14-10(4)12(7)11(15)6-8(2)13/h5-6H,13H2,1-4H3. The van der Waals surface area contributed by atoms with Gasteiger partial charge in [-0.25, -0.2) is 0 Å². The quantitative estimate of drug-likeness (QED) is 0.592. The van der Waals surface area contributed by atoms with Crippen LogP contribution in [0.2, 0.25) is 0 Å². The Morgan fingerprint density at radius 2 is 2.00 bits per heavy atom. The summed E-state index contributed by atoms with van der Waals surface area (Å²) in [6.07, 6.45) is 1.44. The van der Waals surface area contributed by atoms with Crippen molar-refractivity contribution in [3.05, 3.63) is 40.4 Å². The van der Waals surface area contributed by atoms with E-state index in [9.17, 15) is 4.79 Å². The first-order valence-corrected chi connectivity index (χ1v) is 4.84. The van der Waals surface area contributed by atoms with Crippen molar-refractivity contribution in [3.63, 3.8) is 0 Å². The number of aromatic nitrogens is 1. The van der Waals surface area contributed by atoms with Gasteiger partial charge in [0, 0.05) is 28.7 Å². The topological polar surface area (TPSA) is 56.0 Å². The van der Waals surface area contributed by atoms with Crippen LogP contribution in [0.25, 0.3) is 0 Å². The highest BCUT2D eigenvalue weighted by Gasteiger charge is 2.11. The van der Waals surface area contributed by atoms with Crippen LogP contribution >= 0.6 is 0 Å². The Bertz CT molecular complexity index is 406. The summed E-state index contributed by atoms with van der Waals surface area (Å²) < 4.78 is 0. The van der Waals surface area contributed by atoms with Gasteiger partial charge in [-0.15, -0.1) is 0 Å². The molecule has 0 amide bonds. The van der Waals surface area contributed by atoms with Crippen molar-refractivity contribution in [3.8, 4) is 0 Å². The molecule has 3 nitrogen and oxygen atoms in total. The molecule has 0 unspecified atom stereocenters. The molecule has 1 rings (SSSR count). The van der Waals surface area contributed by atoms with Gasteiger partial charge in [0.25, 0.3) is 0 Å². The third kappa shape index (κ3) is 2.65. The Labute approximate surface area is 90.0 Å². The summed E-state index contributed by atoms with van der Waals surface area (Å²) in [7, 11) is 0. The van der Waals surface area contributed by atoms with Gasteiger partial charge in [0.2, 0.25) is 0 Å². The van der Waals surface area contributed by atoms with Crippen LogP contribution in [0.4, 0.5) is 0 Å². The summed E-state index contributed by atoms with van der Waals surface area (Å²) in [5.41, 5.74) is 9.28. The molecule has 80 valence electrons. The van der Waals surface area contributed by atoms with Crippen LogP contribution in [-0.4, -0.2) is 10.8 Å². The van der Waals surface area contributed by atoms with Crippen LogP contribution < -0.4 is 5.73 Å². The average molecular weight is 204 g/mol. The van der Waals surface area contributed by atoms with Crippen LogP contribution in [0, 0.1) is 20.8 Å². The first-order valence-electron chi connectivity index (χ1n) is 4.84. The van der Waals surface area contributed by atoms with Gasteiger partial charge in [-0.1, -0.05) is 0 Å². The summed E-state index contributed by atoms with van der Waals surface area (Å²) in [5, 5.41) is 0. The fourth-order valence-electron chi connectivity index (χ4n) is 1.68. The molecule has 0 atom stereocenters. The largest absolute Gasteiger partial charge is 0.402 e. The van der Waals surface area contributed by atoms with Crippen molar-refractivity contribution in [2.24, 2.45) is 5.73 Å². The Kier molecular flexibility index (Phi) is 3.24. The van der Waals surface area contributed by atoms with E-state index in [1.165, 1.54) is 6.08 Å². The summed E-state index contributed by atoms with van der Waals surface area (Å²) in [5.74, 6) is -0.0718. The van der Waals surface area contributed by atoms with E-state index in [1.54, 1.807) is 6.92 Å². The lowest BCUT2D eigenvalue weighted by Gasteiger charge is -2.07. The van der Waals surface area contributed by atoms with Crippen LogP contribution in [-0.2, 0) is 0 Å². The van der Waals surface area contributed by atoms with Crippen LogP contribution in [0.3, 0.4) is 0 Å². The van der Waals surface area contributed by atoms with Crippen molar-refractivity contribution >= 4 is 5.78 Å². The predicted octanol–water partition coefficient (Wildman–Crippen LogP) is 2.05. The second kappa shape index (κ2) is 4.26. The highest BCUT2D eigenvalue weighted by Crippen LogP contribution is 2.14. The molecule has 0 saturated carbocycles. The molecule has 0 saturated heterocycles. The molecule has 2 N–H and O–H groups in total. The lowest BCUT2D eigenvalue weighted by Crippen LogP contribution is -2.07. The van der Waals surface area contributed by atoms with E-state index in [0.717, 1.165) is 17.0 Å². The Morgan fingerprint density at radius 1 is 1.40 bits per heavy atom. The molecule has 3 heteroatoms. The maximum absolute atomic E-state index is 11.8. The molecule has 15 heavy (non-hydrogen) atoms. The summed E-state index contributed by atoms with van der Waals surface area (Å²) >= 11 is 0. The number of hydrogen-bond acceptors (Lipinski definition) is 3. The Morgan fingerprint density at radius 3 is 2.47 bits per heavy atom. The Balaban J connectivity index is 3.26. The first-order chi connectivity index (χ1) is 6.91. The SMILES string of the molecule is CC(N)=CC(=O)c1c(C)cc(C)nc1C. The molecular weight excluding hydrogens is 188 g/mol. The van der Waals surface area contributed by atoms with Crippen molar-refractivity contribution in [2.45, 2.75) is 27.7 Å². The molecule has 0 fully saturated rings. The predicted molar refractivity (Wildman–Crippen MR) is 60.7 cm³/mol. The fraction of sp³-hybridized carbons (Fsp3) is 0.333. The zero-order valence-electron chi connectivity index (χ0n) is 9.59. The molecule has 1 aromatic rings. The van der Waals surface area contributed by atoms with E-state index < -0.39 is 0 Å². The molecule has 1 aromatic heterocycles. The van der Waals surface area contributed by atoms with E-state index in [2.05, 4.69) is 4.98 Å². The van der Waals surface area contributed by atoms with Crippen LogP contribution in [0.15, 0.2) is 17.8 Å². The highest BCUT2D eigenvalue weighted by molar-refractivity contribution is 6.06. The molecule has 0 radical (unpaired) electrons. The molecule has 1 heterocycles. The number of carbonyl (C=O) groups is 1. The van der Waals surface area contributed by atoms with Gasteiger partial charge in [0.15, 0.2) is 5.78 Å².